The lowest BCUT2D eigenvalue weighted by Gasteiger charge is -2.33. The number of nitrogens with one attached hydrogen (secondary N) is 4. The van der Waals surface area contributed by atoms with Gasteiger partial charge >= 0.3 is 21.7 Å². The summed E-state index contributed by atoms with van der Waals surface area (Å²) in [6.07, 6.45) is 3.56. The summed E-state index contributed by atoms with van der Waals surface area (Å²) >= 11 is 0. The lowest BCUT2D eigenvalue weighted by atomic mass is 10.1. The lowest BCUT2D eigenvalue weighted by molar-refractivity contribution is -0.0501. The molecule has 6 N–H and O–H groups in total. The van der Waals surface area contributed by atoms with Gasteiger partial charge in [-0.05, 0) is 94.8 Å². The first kappa shape index (κ1) is 56.9. The summed E-state index contributed by atoms with van der Waals surface area (Å²) in [7, 11) is -6.01. The van der Waals surface area contributed by atoms with E-state index in [1.807, 2.05) is 11.0 Å². The second kappa shape index (κ2) is 24.6. The Hall–Kier alpha value is -7.26. The minimum Gasteiger partial charge on any atom is -0.486 e. The van der Waals surface area contributed by atoms with Crippen molar-refractivity contribution in [3.8, 4) is 11.5 Å². The van der Waals surface area contributed by atoms with Gasteiger partial charge in [-0.1, -0.05) is 12.1 Å². The fourth-order valence-electron chi connectivity index (χ4n) is 8.67. The summed E-state index contributed by atoms with van der Waals surface area (Å²) < 4.78 is 106. The lowest BCUT2D eigenvalue weighted by Crippen LogP contribution is -2.46. The number of alkyl halides is 3. The van der Waals surface area contributed by atoms with E-state index in [0.29, 0.717) is 73.8 Å². The van der Waals surface area contributed by atoms with Crippen molar-refractivity contribution in [1.82, 2.24) is 40.4 Å². The van der Waals surface area contributed by atoms with Gasteiger partial charge in [0.25, 0.3) is 5.91 Å². The van der Waals surface area contributed by atoms with Crippen LogP contribution in [0.15, 0.2) is 85.2 Å². The molecule has 4 aromatic carbocycles. The molecule has 0 saturated carbocycles. The zero-order valence-electron chi connectivity index (χ0n) is 42.9. The second-order valence-corrected chi connectivity index (χ2v) is 21.3. The molecule has 4 saturated heterocycles. The van der Waals surface area contributed by atoms with E-state index in [0.717, 1.165) is 49.7 Å². The highest BCUT2D eigenvalue weighted by Crippen LogP contribution is 2.38. The first-order valence-corrected chi connectivity index (χ1v) is 26.6. The molecule has 78 heavy (non-hydrogen) atoms. The number of hydrogen-bond donors (Lipinski definition) is 6. The third-order valence-corrected chi connectivity index (χ3v) is 13.5. The van der Waals surface area contributed by atoms with Crippen LogP contribution >= 0.6 is 0 Å². The molecular weight excluding hydrogens is 1050 g/mol. The molecule has 6 heterocycles. The van der Waals surface area contributed by atoms with Crippen LogP contribution < -0.4 is 35.1 Å². The molecule has 0 spiro atoms. The molecule has 0 aliphatic carbocycles. The number of piperazine rings is 1. The number of β-amino-alcohol motifs (C(OH)–C–C–N with tert-alkyl or cyclic N) is 2. The maximum absolute atomic E-state index is 13.5. The number of piperidine rings is 1. The molecule has 0 radical (unpaired) electrons. The zero-order chi connectivity index (χ0) is 55.8. The maximum Gasteiger partial charge on any atom is 0.534 e. The average Bonchev–Trinajstić information content (AvgIpc) is 4.10. The van der Waals surface area contributed by atoms with E-state index >= 15 is 0 Å². The number of ether oxygens (including phenoxy) is 2. The van der Waals surface area contributed by atoms with Crippen molar-refractivity contribution >= 4 is 72.9 Å². The van der Waals surface area contributed by atoms with Crippen molar-refractivity contribution in [2.75, 3.05) is 81.0 Å². The molecule has 10 rings (SSSR count). The fourth-order valence-corrected chi connectivity index (χ4v) is 9.13. The average molecular weight is 1110 g/mol. The number of likely N-dealkylation sites (tertiary alicyclic amines) is 1. The highest BCUT2D eigenvalue weighted by atomic mass is 32.2. The van der Waals surface area contributed by atoms with Crippen LogP contribution in [0.4, 0.5) is 55.7 Å². The van der Waals surface area contributed by atoms with Gasteiger partial charge in [-0.25, -0.2) is 33.5 Å². The Morgan fingerprint density at radius 1 is 0.705 bits per heavy atom. The molecule has 0 unspecified atom stereocenters. The summed E-state index contributed by atoms with van der Waals surface area (Å²) in [6.45, 7) is 11.5. The van der Waals surface area contributed by atoms with Gasteiger partial charge < -0.3 is 59.8 Å². The second-order valence-electron chi connectivity index (χ2n) is 19.8. The van der Waals surface area contributed by atoms with Crippen LogP contribution in [0.25, 0.3) is 21.8 Å². The van der Waals surface area contributed by atoms with Crippen LogP contribution in [0.2, 0.25) is 0 Å². The number of fused-ring (bicyclic) bond motifs is 2. The van der Waals surface area contributed by atoms with Crippen molar-refractivity contribution < 1.29 is 63.8 Å². The molecule has 4 aliphatic heterocycles. The fraction of sp³-hybridized carbons (Fsp3) is 0.423. The first-order chi connectivity index (χ1) is 37.1. The summed E-state index contributed by atoms with van der Waals surface area (Å²) in [5, 5.41) is 31.8. The van der Waals surface area contributed by atoms with Crippen LogP contribution in [0.1, 0.15) is 56.8 Å². The number of aliphatic hydroxyl groups is 2. The van der Waals surface area contributed by atoms with E-state index in [4.69, 9.17) is 14.6 Å². The van der Waals surface area contributed by atoms with E-state index in [1.165, 1.54) is 47.5 Å². The van der Waals surface area contributed by atoms with Gasteiger partial charge in [0.1, 0.15) is 23.3 Å². The third kappa shape index (κ3) is 15.3. The van der Waals surface area contributed by atoms with Crippen molar-refractivity contribution in [2.45, 2.75) is 75.9 Å². The smallest absolute Gasteiger partial charge is 0.486 e. The molecule has 2 aromatic heterocycles. The minimum atomic E-state index is -6.01. The predicted molar refractivity (Wildman–Crippen MR) is 281 cm³/mol. The Kier molecular flexibility index (Phi) is 18.0. The number of carbonyl (C=O) groups excluding carboxylic acids is 2. The topological polar surface area (TPSA) is 246 Å². The Bertz CT molecular complexity index is 3190. The monoisotopic (exact) mass is 1110 g/mol. The maximum atomic E-state index is 13.5. The molecular formula is C52H60F5N11O9S. The van der Waals surface area contributed by atoms with E-state index < -0.39 is 51.1 Å². The number of aliphatic hydroxyl groups excluding tert-OH is 2. The number of aromatic nitrogens is 4. The quantitative estimate of drug-likeness (QED) is 0.0460. The SMILES string of the molecule is CC(C)(C)OC(=O)N1CCC(Oc2cc3nc(Nc4cccc(F)c4)ncc3cc2OS(=O)(=O)C(F)(F)F)CC1.O=C(c1cc2nc(Nc3cccc(F)c3)ncc2cc1N1CC[C@@H](O)C1)N1CCNCC1.O[C@@H]1CCNC1. The van der Waals surface area contributed by atoms with Gasteiger partial charge in [0, 0.05) is 112 Å². The summed E-state index contributed by atoms with van der Waals surface area (Å²) in [4.78, 5) is 48.4. The number of carbonyl (C=O) groups is 2. The molecule has 26 heteroatoms. The zero-order valence-corrected chi connectivity index (χ0v) is 43.7. The van der Waals surface area contributed by atoms with Crippen molar-refractivity contribution in [3.05, 3.63) is 102 Å². The van der Waals surface area contributed by atoms with E-state index in [2.05, 4.69) is 50.3 Å². The molecule has 4 fully saturated rings. The van der Waals surface area contributed by atoms with E-state index in [9.17, 15) is 45.1 Å². The summed E-state index contributed by atoms with van der Waals surface area (Å²) in [5.41, 5.74) is -3.28. The standard InChI is InChI=1S/C25H26F4N4O6S.C23H25FN6O2.C4H9NO/c1-24(2,3)38-23(34)33-9-7-18(8-10-33)37-20-13-19-15(11-21(20)39-40(35,36)25(27,28)29)14-30-22(32-19)31-17-6-4-5-16(26)12-17;24-16-2-1-3-17(11-16)27-23-26-13-15-10-21(30-7-4-18(31)14-30)19(12-20(15)28-23)22(32)29-8-5-25-6-9-29;6-4-1-2-5-3-4/h4-6,11-14,18H,7-10H2,1-3H3,(H,30,31,32);1-3,10-13,18,25,31H,4-9,14H2,(H,26,27,28);4-6H,1-3H2/t;18-;4-/m.11/s1. The number of amides is 2. The first-order valence-electron chi connectivity index (χ1n) is 25.2. The van der Waals surface area contributed by atoms with Crippen LogP contribution in [-0.4, -0.2) is 155 Å². The van der Waals surface area contributed by atoms with E-state index in [1.54, 1.807) is 51.2 Å². The Morgan fingerprint density at radius 3 is 1.82 bits per heavy atom. The van der Waals surface area contributed by atoms with Crippen LogP contribution in [-0.2, 0) is 14.9 Å². The van der Waals surface area contributed by atoms with Crippen molar-refractivity contribution in [3.63, 3.8) is 0 Å². The van der Waals surface area contributed by atoms with E-state index in [-0.39, 0.29) is 53.5 Å². The number of benzene rings is 4. The van der Waals surface area contributed by atoms with Gasteiger partial charge in [0.15, 0.2) is 11.5 Å². The number of rotatable bonds is 10. The summed E-state index contributed by atoms with van der Waals surface area (Å²) in [6, 6.07) is 17.6. The largest absolute Gasteiger partial charge is 0.534 e. The number of halogens is 5. The highest BCUT2D eigenvalue weighted by Gasteiger charge is 2.49. The number of hydrogen-bond acceptors (Lipinski definition) is 18. The molecule has 418 valence electrons. The normalized spacial score (nSPS) is 18.2. The molecule has 2 amide bonds. The molecule has 2 atom stereocenters. The molecule has 6 aromatic rings. The molecule has 0 bridgehead atoms. The van der Waals surface area contributed by atoms with Gasteiger partial charge in [-0.15, -0.1) is 0 Å². The van der Waals surface area contributed by atoms with Crippen LogP contribution in [0.3, 0.4) is 0 Å². The van der Waals surface area contributed by atoms with Crippen molar-refractivity contribution in [2.24, 2.45) is 0 Å². The third-order valence-electron chi connectivity index (χ3n) is 12.5. The predicted octanol–water partition coefficient (Wildman–Crippen LogP) is 6.99. The number of anilines is 5. The van der Waals surface area contributed by atoms with Gasteiger partial charge in [0.05, 0.1) is 34.5 Å². The van der Waals surface area contributed by atoms with Crippen LogP contribution in [0, 0.1) is 11.6 Å². The van der Waals surface area contributed by atoms with Gasteiger partial charge in [-0.3, -0.25) is 4.79 Å². The Balaban J connectivity index is 0.000000189. The Labute approximate surface area is 446 Å². The Morgan fingerprint density at radius 2 is 1.31 bits per heavy atom. The molecule has 20 nitrogen and oxygen atoms in total. The molecule has 4 aliphatic rings. The highest BCUT2D eigenvalue weighted by molar-refractivity contribution is 7.88. The van der Waals surface area contributed by atoms with Gasteiger partial charge in [-0.2, -0.15) is 21.6 Å². The van der Waals surface area contributed by atoms with Crippen LogP contribution in [0.5, 0.6) is 11.5 Å². The summed E-state index contributed by atoms with van der Waals surface area (Å²) in [5.74, 6) is -1.51. The van der Waals surface area contributed by atoms with Gasteiger partial charge in [0.2, 0.25) is 11.9 Å². The number of nitrogens with zero attached hydrogens (tertiary/aromatic N) is 7. The van der Waals surface area contributed by atoms with Crippen molar-refractivity contribution in [1.29, 1.82) is 0 Å². The minimum absolute atomic E-state index is 0.0389.